The molecule has 0 saturated carbocycles. The minimum absolute atomic E-state index is 0. The van der Waals surface area contributed by atoms with Gasteiger partial charge in [0.2, 0.25) is 0 Å². The summed E-state index contributed by atoms with van der Waals surface area (Å²) in [6.45, 7) is 9.54. The van der Waals surface area contributed by atoms with Crippen LogP contribution in [-0.2, 0) is 5.75 Å². The average Bonchev–Trinajstić information content (AvgIpc) is 2.93. The van der Waals surface area contributed by atoms with E-state index >= 15 is 0 Å². The van der Waals surface area contributed by atoms with Gasteiger partial charge in [0.05, 0.1) is 11.3 Å². The lowest BCUT2D eigenvalue weighted by atomic mass is 9.79. The van der Waals surface area contributed by atoms with Crippen molar-refractivity contribution in [2.45, 2.75) is 50.8 Å². The molecule has 1 aromatic carbocycles. The van der Waals surface area contributed by atoms with Gasteiger partial charge in [-0.1, -0.05) is 31.1 Å². The van der Waals surface area contributed by atoms with Crippen LogP contribution in [0.4, 0.5) is 0 Å². The molecule has 1 saturated heterocycles. The number of aryl methyl sites for hydroxylation is 2. The lowest BCUT2D eigenvalue weighted by Crippen LogP contribution is -2.54. The van der Waals surface area contributed by atoms with Crippen LogP contribution in [0.15, 0.2) is 33.7 Å². The van der Waals surface area contributed by atoms with Crippen LogP contribution in [0.5, 0.6) is 0 Å². The highest BCUT2D eigenvalue weighted by molar-refractivity contribution is 7.98. The van der Waals surface area contributed by atoms with Crippen LogP contribution in [-0.4, -0.2) is 35.1 Å². The molecular formula is C20H28ClN3O2S. The number of thioether (sulfide) groups is 1. The van der Waals surface area contributed by atoms with Gasteiger partial charge in [-0.3, -0.25) is 4.79 Å². The van der Waals surface area contributed by atoms with Crippen molar-refractivity contribution in [3.63, 3.8) is 0 Å². The highest BCUT2D eigenvalue weighted by Crippen LogP contribution is 2.32. The zero-order chi connectivity index (χ0) is 18.9. The van der Waals surface area contributed by atoms with E-state index in [2.05, 4.69) is 19.0 Å². The second-order valence-corrected chi connectivity index (χ2v) is 8.72. The third kappa shape index (κ3) is 4.68. The predicted octanol–water partition coefficient (Wildman–Crippen LogP) is 4.20. The van der Waals surface area contributed by atoms with Crippen LogP contribution >= 0.6 is 24.2 Å². The number of likely N-dealkylation sites (tertiary alicyclic amines) is 1. The molecule has 2 N–H and O–H groups in total. The van der Waals surface area contributed by atoms with E-state index in [4.69, 9.17) is 10.3 Å². The first-order chi connectivity index (χ1) is 12.3. The van der Waals surface area contributed by atoms with Gasteiger partial charge in [-0.2, -0.15) is 0 Å². The van der Waals surface area contributed by atoms with Gasteiger partial charge in [0.1, 0.15) is 5.76 Å². The smallest absolute Gasteiger partial charge is 0.255 e. The summed E-state index contributed by atoms with van der Waals surface area (Å²) in [5, 5.41) is 4.01. The number of halogens is 1. The van der Waals surface area contributed by atoms with Crippen molar-refractivity contribution >= 4 is 30.1 Å². The first-order valence-corrected chi connectivity index (χ1v) is 9.96. The molecule has 3 rings (SSSR count). The summed E-state index contributed by atoms with van der Waals surface area (Å²) in [5.41, 5.74) is 8.92. The van der Waals surface area contributed by atoms with Crippen molar-refractivity contribution in [3.8, 4) is 0 Å². The average molecular weight is 410 g/mol. The van der Waals surface area contributed by atoms with E-state index < -0.39 is 0 Å². The van der Waals surface area contributed by atoms with Crippen molar-refractivity contribution in [1.82, 2.24) is 10.1 Å². The highest BCUT2D eigenvalue weighted by atomic mass is 35.5. The maximum absolute atomic E-state index is 13.2. The van der Waals surface area contributed by atoms with Crippen molar-refractivity contribution in [3.05, 3.63) is 46.8 Å². The Hall–Kier alpha value is -1.50. The first-order valence-electron chi connectivity index (χ1n) is 8.98. The summed E-state index contributed by atoms with van der Waals surface area (Å²) >= 11 is 1.65. The normalized spacial score (nSPS) is 18.9. The van der Waals surface area contributed by atoms with E-state index in [1.165, 1.54) is 0 Å². The number of benzene rings is 1. The van der Waals surface area contributed by atoms with E-state index in [1.807, 2.05) is 43.0 Å². The Bertz CT molecular complexity index is 787. The number of nitrogens with zero attached hydrogens (tertiary/aromatic N) is 2. The number of rotatable bonds is 4. The van der Waals surface area contributed by atoms with Crippen LogP contribution < -0.4 is 5.73 Å². The highest BCUT2D eigenvalue weighted by Gasteiger charge is 2.36. The fourth-order valence-electron chi connectivity index (χ4n) is 3.34. The maximum atomic E-state index is 13.2. The van der Waals surface area contributed by atoms with E-state index in [1.54, 1.807) is 11.8 Å². The Morgan fingerprint density at radius 3 is 2.70 bits per heavy atom. The van der Waals surface area contributed by atoms with Crippen molar-refractivity contribution < 1.29 is 9.32 Å². The number of aromatic nitrogens is 1. The third-order valence-electron chi connectivity index (χ3n) is 5.27. The third-order valence-corrected chi connectivity index (χ3v) is 6.37. The minimum atomic E-state index is -0.0628. The fraction of sp³-hybridized carbons (Fsp3) is 0.500. The molecule has 148 valence electrons. The zero-order valence-corrected chi connectivity index (χ0v) is 18.0. The Kier molecular flexibility index (Phi) is 7.00. The van der Waals surface area contributed by atoms with Gasteiger partial charge in [-0.05, 0) is 37.8 Å². The SMILES string of the molecule is Cc1noc(C)c1CSc1ccccc1C(=O)N1CCC(N)C(C)(C)C1.Cl. The van der Waals surface area contributed by atoms with Gasteiger partial charge in [0.15, 0.2) is 0 Å². The number of carbonyl (C=O) groups excluding carboxylic acids is 1. The standard InChI is InChI=1S/C20H27N3O2S.ClH/c1-13-16(14(2)25-22-13)11-26-17-8-6-5-7-15(17)19(24)23-10-9-18(21)20(3,4)12-23;/h5-8,18H,9-12,21H2,1-4H3;1H. The largest absolute Gasteiger partial charge is 0.361 e. The number of nitrogens with two attached hydrogens (primary N) is 1. The van der Waals surface area contributed by atoms with Gasteiger partial charge in [0, 0.05) is 35.3 Å². The summed E-state index contributed by atoms with van der Waals surface area (Å²) in [6.07, 6.45) is 0.840. The molecule has 1 amide bonds. The number of piperidine rings is 1. The quantitative estimate of drug-likeness (QED) is 0.766. The maximum Gasteiger partial charge on any atom is 0.255 e. The van der Waals surface area contributed by atoms with E-state index in [0.29, 0.717) is 13.1 Å². The minimum Gasteiger partial charge on any atom is -0.361 e. The fourth-order valence-corrected chi connectivity index (χ4v) is 4.54. The molecule has 0 spiro atoms. The Morgan fingerprint density at radius 2 is 2.07 bits per heavy atom. The van der Waals surface area contributed by atoms with Crippen LogP contribution in [0.2, 0.25) is 0 Å². The number of hydrogen-bond donors (Lipinski definition) is 1. The second kappa shape index (κ2) is 8.67. The zero-order valence-electron chi connectivity index (χ0n) is 16.3. The van der Waals surface area contributed by atoms with Gasteiger partial charge in [0.25, 0.3) is 5.91 Å². The molecule has 1 unspecified atom stereocenters. The van der Waals surface area contributed by atoms with Crippen LogP contribution in [0.25, 0.3) is 0 Å². The lowest BCUT2D eigenvalue weighted by Gasteiger charge is -2.42. The molecule has 1 aromatic heterocycles. The van der Waals surface area contributed by atoms with Crippen molar-refractivity contribution in [2.24, 2.45) is 11.1 Å². The summed E-state index contributed by atoms with van der Waals surface area (Å²) in [7, 11) is 0. The molecule has 2 heterocycles. The Balaban J connectivity index is 0.00000261. The molecule has 1 fully saturated rings. The molecule has 1 atom stereocenters. The molecule has 1 aliphatic rings. The molecule has 0 aliphatic carbocycles. The van der Waals surface area contributed by atoms with Crippen LogP contribution in [0, 0.1) is 19.3 Å². The summed E-state index contributed by atoms with van der Waals surface area (Å²) < 4.78 is 5.24. The molecule has 0 bridgehead atoms. The van der Waals surface area contributed by atoms with Crippen molar-refractivity contribution in [1.29, 1.82) is 0 Å². The van der Waals surface area contributed by atoms with Gasteiger partial charge in [-0.25, -0.2) is 0 Å². The first kappa shape index (κ1) is 21.8. The Labute approximate surface area is 171 Å². The van der Waals surface area contributed by atoms with E-state index in [0.717, 1.165) is 39.7 Å². The number of carbonyl (C=O) groups is 1. The number of amides is 1. The van der Waals surface area contributed by atoms with Crippen LogP contribution in [0.1, 0.15) is 47.6 Å². The molecule has 2 aromatic rings. The predicted molar refractivity (Wildman–Crippen MR) is 112 cm³/mol. The molecule has 27 heavy (non-hydrogen) atoms. The number of hydrogen-bond acceptors (Lipinski definition) is 5. The van der Waals surface area contributed by atoms with Gasteiger partial charge in [-0.15, -0.1) is 24.2 Å². The van der Waals surface area contributed by atoms with Gasteiger partial charge >= 0.3 is 0 Å². The molecule has 5 nitrogen and oxygen atoms in total. The second-order valence-electron chi connectivity index (χ2n) is 7.70. The molecule has 1 aliphatic heterocycles. The monoisotopic (exact) mass is 409 g/mol. The van der Waals surface area contributed by atoms with E-state index in [9.17, 15) is 4.79 Å². The van der Waals surface area contributed by atoms with Gasteiger partial charge < -0.3 is 15.2 Å². The summed E-state index contributed by atoms with van der Waals surface area (Å²) in [6, 6.07) is 7.96. The molecule has 0 radical (unpaired) electrons. The summed E-state index contributed by atoms with van der Waals surface area (Å²) in [5.74, 6) is 1.67. The topological polar surface area (TPSA) is 72.4 Å². The van der Waals surface area contributed by atoms with E-state index in [-0.39, 0.29) is 29.8 Å². The molecular weight excluding hydrogens is 382 g/mol. The Morgan fingerprint density at radius 1 is 1.37 bits per heavy atom. The lowest BCUT2D eigenvalue weighted by molar-refractivity contribution is 0.0529. The molecule has 7 heteroatoms. The van der Waals surface area contributed by atoms with Crippen LogP contribution in [0.3, 0.4) is 0 Å². The summed E-state index contributed by atoms with van der Waals surface area (Å²) in [4.78, 5) is 16.1. The van der Waals surface area contributed by atoms with Crippen molar-refractivity contribution in [2.75, 3.05) is 13.1 Å².